The van der Waals surface area contributed by atoms with E-state index in [-0.39, 0.29) is 5.41 Å². The third-order valence-corrected chi connectivity index (χ3v) is 4.98. The summed E-state index contributed by atoms with van der Waals surface area (Å²) >= 11 is 0. The predicted molar refractivity (Wildman–Crippen MR) is 83.6 cm³/mol. The number of hydrogen-bond acceptors (Lipinski definition) is 1. The fourth-order valence-electron chi connectivity index (χ4n) is 3.97. The number of fused-ring (bicyclic) bond motifs is 1. The van der Waals surface area contributed by atoms with E-state index in [4.69, 9.17) is 0 Å². The van der Waals surface area contributed by atoms with Gasteiger partial charge in [0.2, 0.25) is 0 Å². The first-order valence-corrected chi connectivity index (χ1v) is 7.71. The Hall–Kier alpha value is -1.28. The van der Waals surface area contributed by atoms with Crippen molar-refractivity contribution in [3.8, 4) is 0 Å². The maximum absolute atomic E-state index is 11.4. The normalized spacial score (nSPS) is 27.9. The standard InChI is InChI=1S/C18H25NO/c1-17(2,3)16-6-4-5-10-18(16,20)14-7-8-15-13(12-14)9-11-19-15/h7-9,11-12,16,19-20H,4-6,10H2,1-3H3. The van der Waals surface area contributed by atoms with E-state index >= 15 is 0 Å². The quantitative estimate of drug-likeness (QED) is 0.781. The number of aromatic amines is 1. The molecule has 2 N–H and O–H groups in total. The van der Waals surface area contributed by atoms with Crippen molar-refractivity contribution in [3.63, 3.8) is 0 Å². The van der Waals surface area contributed by atoms with Gasteiger partial charge < -0.3 is 10.1 Å². The number of hydrogen-bond donors (Lipinski definition) is 2. The van der Waals surface area contributed by atoms with Gasteiger partial charge in [0.25, 0.3) is 0 Å². The van der Waals surface area contributed by atoms with E-state index < -0.39 is 5.60 Å². The number of aliphatic hydroxyl groups is 1. The largest absolute Gasteiger partial charge is 0.385 e. The Morgan fingerprint density at radius 1 is 1.20 bits per heavy atom. The molecule has 2 heteroatoms. The molecule has 2 nitrogen and oxygen atoms in total. The molecule has 0 aliphatic heterocycles. The lowest BCUT2D eigenvalue weighted by molar-refractivity contribution is -0.0958. The van der Waals surface area contributed by atoms with Gasteiger partial charge in [-0.15, -0.1) is 0 Å². The van der Waals surface area contributed by atoms with Crippen LogP contribution in [0.4, 0.5) is 0 Å². The van der Waals surface area contributed by atoms with Crippen LogP contribution in [-0.4, -0.2) is 10.1 Å². The van der Waals surface area contributed by atoms with Gasteiger partial charge in [-0.2, -0.15) is 0 Å². The lowest BCUT2D eigenvalue weighted by Crippen LogP contribution is -2.44. The van der Waals surface area contributed by atoms with Crippen molar-refractivity contribution in [1.29, 1.82) is 0 Å². The second-order valence-corrected chi connectivity index (χ2v) is 7.37. The zero-order valence-corrected chi connectivity index (χ0v) is 12.7. The molecule has 1 heterocycles. The number of H-pyrrole nitrogens is 1. The van der Waals surface area contributed by atoms with Crippen LogP contribution >= 0.6 is 0 Å². The first-order valence-electron chi connectivity index (χ1n) is 7.71. The molecule has 1 fully saturated rings. The first-order chi connectivity index (χ1) is 9.41. The predicted octanol–water partition coefficient (Wildman–Crippen LogP) is 4.59. The molecule has 0 bridgehead atoms. The van der Waals surface area contributed by atoms with Gasteiger partial charge in [-0.25, -0.2) is 0 Å². The van der Waals surface area contributed by atoms with Crippen LogP contribution in [0.25, 0.3) is 10.9 Å². The smallest absolute Gasteiger partial charge is 0.0929 e. The zero-order chi connectivity index (χ0) is 14.4. The summed E-state index contributed by atoms with van der Waals surface area (Å²) in [7, 11) is 0. The Balaban J connectivity index is 2.07. The van der Waals surface area contributed by atoms with Gasteiger partial charge in [-0.1, -0.05) is 39.7 Å². The molecule has 1 aromatic heterocycles. The molecule has 1 saturated carbocycles. The van der Waals surface area contributed by atoms with Gasteiger partial charge in [0.15, 0.2) is 0 Å². The fourth-order valence-corrected chi connectivity index (χ4v) is 3.97. The minimum atomic E-state index is -0.679. The molecule has 2 atom stereocenters. The summed E-state index contributed by atoms with van der Waals surface area (Å²) in [6.07, 6.45) is 6.31. The Bertz CT molecular complexity index is 607. The van der Waals surface area contributed by atoms with Crippen LogP contribution in [0.2, 0.25) is 0 Å². The molecule has 0 radical (unpaired) electrons. The van der Waals surface area contributed by atoms with Gasteiger partial charge in [0.1, 0.15) is 0 Å². The van der Waals surface area contributed by atoms with Crippen molar-refractivity contribution in [3.05, 3.63) is 36.0 Å². The Morgan fingerprint density at radius 2 is 2.00 bits per heavy atom. The molecule has 108 valence electrons. The van der Waals surface area contributed by atoms with Crippen molar-refractivity contribution >= 4 is 10.9 Å². The molecule has 3 rings (SSSR count). The summed E-state index contributed by atoms with van der Waals surface area (Å²) < 4.78 is 0. The van der Waals surface area contributed by atoms with Gasteiger partial charge in [-0.05, 0) is 53.3 Å². The molecule has 1 aliphatic rings. The zero-order valence-electron chi connectivity index (χ0n) is 12.7. The van der Waals surface area contributed by atoms with Crippen molar-refractivity contribution < 1.29 is 5.11 Å². The minimum Gasteiger partial charge on any atom is -0.385 e. The molecule has 2 aromatic rings. The average Bonchev–Trinajstić information content (AvgIpc) is 2.85. The third-order valence-electron chi connectivity index (χ3n) is 4.98. The van der Waals surface area contributed by atoms with Crippen molar-refractivity contribution in [2.24, 2.45) is 11.3 Å². The van der Waals surface area contributed by atoms with Crippen molar-refractivity contribution in [1.82, 2.24) is 4.98 Å². The van der Waals surface area contributed by atoms with E-state index in [1.807, 2.05) is 6.20 Å². The molecule has 20 heavy (non-hydrogen) atoms. The van der Waals surface area contributed by atoms with E-state index in [0.717, 1.165) is 30.3 Å². The number of aromatic nitrogens is 1. The Kier molecular flexibility index (Phi) is 3.17. The fraction of sp³-hybridized carbons (Fsp3) is 0.556. The Labute approximate surface area is 121 Å². The van der Waals surface area contributed by atoms with Gasteiger partial charge in [0.05, 0.1) is 5.60 Å². The summed E-state index contributed by atoms with van der Waals surface area (Å²) in [4.78, 5) is 3.22. The summed E-state index contributed by atoms with van der Waals surface area (Å²) in [5.74, 6) is 0.320. The maximum Gasteiger partial charge on any atom is 0.0929 e. The van der Waals surface area contributed by atoms with Crippen LogP contribution in [-0.2, 0) is 5.60 Å². The summed E-state index contributed by atoms with van der Waals surface area (Å²) in [6, 6.07) is 8.44. The SMILES string of the molecule is CC(C)(C)C1CCCCC1(O)c1ccc2[nH]ccc2c1. The molecule has 1 aliphatic carbocycles. The van der Waals surface area contributed by atoms with Crippen molar-refractivity contribution in [2.75, 3.05) is 0 Å². The number of rotatable bonds is 1. The van der Waals surface area contributed by atoms with Crippen molar-refractivity contribution in [2.45, 2.75) is 52.1 Å². The van der Waals surface area contributed by atoms with E-state index in [1.54, 1.807) is 0 Å². The molecule has 0 saturated heterocycles. The minimum absolute atomic E-state index is 0.127. The highest BCUT2D eigenvalue weighted by molar-refractivity contribution is 5.80. The van der Waals surface area contributed by atoms with Crippen LogP contribution in [0.5, 0.6) is 0 Å². The van der Waals surface area contributed by atoms with E-state index in [2.05, 4.69) is 50.0 Å². The summed E-state index contributed by atoms with van der Waals surface area (Å²) in [5.41, 5.74) is 1.68. The van der Waals surface area contributed by atoms with E-state index in [0.29, 0.717) is 5.92 Å². The first kappa shape index (κ1) is 13.7. The molecule has 0 amide bonds. The number of benzene rings is 1. The van der Waals surface area contributed by atoms with Gasteiger partial charge >= 0.3 is 0 Å². The summed E-state index contributed by atoms with van der Waals surface area (Å²) in [5, 5.41) is 12.6. The van der Waals surface area contributed by atoms with Gasteiger partial charge in [0, 0.05) is 11.7 Å². The van der Waals surface area contributed by atoms with Crippen LogP contribution in [0, 0.1) is 11.3 Å². The molecular weight excluding hydrogens is 246 g/mol. The maximum atomic E-state index is 11.4. The monoisotopic (exact) mass is 271 g/mol. The highest BCUT2D eigenvalue weighted by Gasteiger charge is 2.45. The highest BCUT2D eigenvalue weighted by Crippen LogP contribution is 2.49. The highest BCUT2D eigenvalue weighted by atomic mass is 16.3. The average molecular weight is 271 g/mol. The van der Waals surface area contributed by atoms with Crippen LogP contribution < -0.4 is 0 Å². The van der Waals surface area contributed by atoms with Crippen LogP contribution in [0.3, 0.4) is 0 Å². The molecular formula is C18H25NO. The van der Waals surface area contributed by atoms with E-state index in [9.17, 15) is 5.11 Å². The second kappa shape index (κ2) is 4.63. The lowest BCUT2D eigenvalue weighted by Gasteiger charge is -2.47. The molecule has 0 spiro atoms. The lowest BCUT2D eigenvalue weighted by atomic mass is 9.61. The Morgan fingerprint density at radius 3 is 2.75 bits per heavy atom. The third kappa shape index (κ3) is 2.16. The second-order valence-electron chi connectivity index (χ2n) is 7.37. The molecule has 1 aromatic carbocycles. The van der Waals surface area contributed by atoms with E-state index in [1.165, 1.54) is 11.8 Å². The molecule has 2 unspecified atom stereocenters. The number of nitrogens with one attached hydrogen (secondary N) is 1. The van der Waals surface area contributed by atoms with Gasteiger partial charge in [-0.3, -0.25) is 0 Å². The summed E-state index contributed by atoms with van der Waals surface area (Å²) in [6.45, 7) is 6.76. The topological polar surface area (TPSA) is 36.0 Å². The van der Waals surface area contributed by atoms with Crippen LogP contribution in [0.1, 0.15) is 52.0 Å². The van der Waals surface area contributed by atoms with Crippen LogP contribution in [0.15, 0.2) is 30.5 Å².